The van der Waals surface area contributed by atoms with Crippen molar-refractivity contribution in [1.82, 2.24) is 19.7 Å². The second-order valence-corrected chi connectivity index (χ2v) is 8.48. The number of carbonyl (C=O) groups excluding carboxylic acids is 1. The topological polar surface area (TPSA) is 74.5 Å². The zero-order valence-corrected chi connectivity index (χ0v) is 18.7. The number of anilines is 1. The predicted molar refractivity (Wildman–Crippen MR) is 123 cm³/mol. The largest absolute Gasteiger partial charge is 0.508 e. The summed E-state index contributed by atoms with van der Waals surface area (Å²) in [6, 6.07) is 15.3. The van der Waals surface area contributed by atoms with Crippen LogP contribution in [0.1, 0.15) is 12.5 Å². The van der Waals surface area contributed by atoms with Gasteiger partial charge in [-0.1, -0.05) is 36.0 Å². The summed E-state index contributed by atoms with van der Waals surface area (Å²) < 4.78 is 2.07. The molecule has 0 aliphatic carbocycles. The number of piperazine rings is 1. The van der Waals surface area contributed by atoms with Crippen LogP contribution in [0, 0.1) is 6.92 Å². The molecule has 0 saturated carbocycles. The average molecular weight is 438 g/mol. The maximum Gasteiger partial charge on any atom is 0.233 e. The molecule has 3 aromatic rings. The number of thioether (sulfide) groups is 1. The fraction of sp³-hybridized carbons (Fsp3) is 0.348. The molecule has 0 radical (unpaired) electrons. The van der Waals surface area contributed by atoms with Crippen LogP contribution in [0.2, 0.25) is 0 Å². The summed E-state index contributed by atoms with van der Waals surface area (Å²) in [5.74, 6) is 1.59. The Morgan fingerprint density at radius 2 is 1.74 bits per heavy atom. The molecule has 162 valence electrons. The van der Waals surface area contributed by atoms with Crippen LogP contribution in [0.15, 0.2) is 53.7 Å². The van der Waals surface area contributed by atoms with Crippen molar-refractivity contribution in [2.75, 3.05) is 36.8 Å². The van der Waals surface area contributed by atoms with Crippen LogP contribution in [0.4, 0.5) is 5.69 Å². The van der Waals surface area contributed by atoms with Crippen LogP contribution in [0.3, 0.4) is 0 Å². The summed E-state index contributed by atoms with van der Waals surface area (Å²) in [5.41, 5.74) is 3.29. The van der Waals surface area contributed by atoms with Crippen LogP contribution in [0.5, 0.6) is 5.75 Å². The highest BCUT2D eigenvalue weighted by molar-refractivity contribution is 7.99. The summed E-state index contributed by atoms with van der Waals surface area (Å²) in [6.07, 6.45) is 0. The monoisotopic (exact) mass is 437 g/mol. The molecule has 2 heterocycles. The van der Waals surface area contributed by atoms with Gasteiger partial charge in [-0.15, -0.1) is 10.2 Å². The van der Waals surface area contributed by atoms with Crippen LogP contribution >= 0.6 is 11.8 Å². The Hall–Kier alpha value is -3.00. The second-order valence-electron chi connectivity index (χ2n) is 7.54. The van der Waals surface area contributed by atoms with E-state index in [1.54, 1.807) is 12.1 Å². The molecule has 31 heavy (non-hydrogen) atoms. The lowest BCUT2D eigenvalue weighted by atomic mass is 10.1. The highest BCUT2D eigenvalue weighted by Crippen LogP contribution is 2.26. The maximum absolute atomic E-state index is 12.8. The summed E-state index contributed by atoms with van der Waals surface area (Å²) in [6.45, 7) is 7.83. The van der Waals surface area contributed by atoms with Crippen molar-refractivity contribution in [2.24, 2.45) is 0 Å². The fourth-order valence-electron chi connectivity index (χ4n) is 3.80. The normalized spacial score (nSPS) is 14.1. The molecule has 1 amide bonds. The number of amides is 1. The van der Waals surface area contributed by atoms with Gasteiger partial charge < -0.3 is 19.5 Å². The number of nitrogens with zero attached hydrogens (tertiary/aromatic N) is 5. The van der Waals surface area contributed by atoms with Gasteiger partial charge in [0.25, 0.3) is 0 Å². The molecular formula is C23H27N5O2S. The Labute approximate surface area is 186 Å². The fourth-order valence-corrected chi connectivity index (χ4v) is 4.70. The van der Waals surface area contributed by atoms with E-state index in [2.05, 4.69) is 45.6 Å². The zero-order chi connectivity index (χ0) is 21.8. The third kappa shape index (κ3) is 4.69. The van der Waals surface area contributed by atoms with E-state index in [1.165, 1.54) is 11.8 Å². The van der Waals surface area contributed by atoms with E-state index in [0.717, 1.165) is 47.4 Å². The van der Waals surface area contributed by atoms with Gasteiger partial charge >= 0.3 is 0 Å². The standard InChI is InChI=1S/C23H27N5O2S/c1-3-28-22(20-7-5-4-6-17(20)2)24-25-23(28)31-16-21(30)27-14-12-26(13-15-27)18-8-10-19(29)11-9-18/h4-11,29H,3,12-16H2,1-2H3. The summed E-state index contributed by atoms with van der Waals surface area (Å²) in [4.78, 5) is 16.9. The molecule has 1 aliphatic rings. The Kier molecular flexibility index (Phi) is 6.46. The second kappa shape index (κ2) is 9.43. The quantitative estimate of drug-likeness (QED) is 0.596. The number of phenols is 1. The molecule has 0 bridgehead atoms. The van der Waals surface area contributed by atoms with Crippen molar-refractivity contribution in [3.05, 3.63) is 54.1 Å². The number of hydrogen-bond acceptors (Lipinski definition) is 6. The molecule has 4 rings (SSSR count). The first-order valence-corrected chi connectivity index (χ1v) is 11.5. The van der Waals surface area contributed by atoms with E-state index in [0.29, 0.717) is 18.8 Å². The van der Waals surface area contributed by atoms with Crippen LogP contribution < -0.4 is 4.90 Å². The highest BCUT2D eigenvalue weighted by atomic mass is 32.2. The van der Waals surface area contributed by atoms with E-state index in [1.807, 2.05) is 29.2 Å². The minimum atomic E-state index is 0.124. The van der Waals surface area contributed by atoms with E-state index >= 15 is 0 Å². The van der Waals surface area contributed by atoms with Gasteiger partial charge in [0, 0.05) is 44.0 Å². The molecule has 0 spiro atoms. The van der Waals surface area contributed by atoms with Crippen molar-refractivity contribution in [2.45, 2.75) is 25.5 Å². The van der Waals surface area contributed by atoms with Crippen LogP contribution in [-0.4, -0.2) is 62.6 Å². The Morgan fingerprint density at radius 3 is 2.42 bits per heavy atom. The van der Waals surface area contributed by atoms with Gasteiger partial charge in [0.2, 0.25) is 5.91 Å². The molecule has 1 fully saturated rings. The molecule has 1 aromatic heterocycles. The van der Waals surface area contributed by atoms with Crippen molar-refractivity contribution < 1.29 is 9.90 Å². The summed E-state index contributed by atoms with van der Waals surface area (Å²) in [7, 11) is 0. The number of benzene rings is 2. The van der Waals surface area contributed by atoms with Gasteiger partial charge in [0.05, 0.1) is 5.75 Å². The summed E-state index contributed by atoms with van der Waals surface area (Å²) in [5, 5.41) is 19.0. The highest BCUT2D eigenvalue weighted by Gasteiger charge is 2.22. The van der Waals surface area contributed by atoms with E-state index in [4.69, 9.17) is 0 Å². The smallest absolute Gasteiger partial charge is 0.233 e. The maximum atomic E-state index is 12.8. The van der Waals surface area contributed by atoms with Gasteiger partial charge in [0.1, 0.15) is 5.75 Å². The number of carbonyl (C=O) groups is 1. The van der Waals surface area contributed by atoms with Crippen molar-refractivity contribution in [3.63, 3.8) is 0 Å². The number of aromatic nitrogens is 3. The Morgan fingerprint density at radius 1 is 1.03 bits per heavy atom. The van der Waals surface area contributed by atoms with Crippen molar-refractivity contribution >= 4 is 23.4 Å². The van der Waals surface area contributed by atoms with E-state index < -0.39 is 0 Å². The molecule has 1 saturated heterocycles. The molecule has 0 atom stereocenters. The SMILES string of the molecule is CCn1c(SCC(=O)N2CCN(c3ccc(O)cc3)CC2)nnc1-c1ccccc1C. The predicted octanol–water partition coefficient (Wildman–Crippen LogP) is 3.42. The van der Waals surface area contributed by atoms with Gasteiger partial charge in [-0.2, -0.15) is 0 Å². The van der Waals surface area contributed by atoms with Gasteiger partial charge in [-0.25, -0.2) is 0 Å². The zero-order valence-electron chi connectivity index (χ0n) is 17.9. The van der Waals surface area contributed by atoms with E-state index in [9.17, 15) is 9.90 Å². The number of aromatic hydroxyl groups is 1. The lowest BCUT2D eigenvalue weighted by Gasteiger charge is -2.36. The molecule has 2 aromatic carbocycles. The number of hydrogen-bond donors (Lipinski definition) is 1. The molecular weight excluding hydrogens is 410 g/mol. The molecule has 8 heteroatoms. The summed E-state index contributed by atoms with van der Waals surface area (Å²) >= 11 is 1.45. The minimum Gasteiger partial charge on any atom is -0.508 e. The van der Waals surface area contributed by atoms with Crippen molar-refractivity contribution in [1.29, 1.82) is 0 Å². The van der Waals surface area contributed by atoms with Crippen LogP contribution in [-0.2, 0) is 11.3 Å². The van der Waals surface area contributed by atoms with Gasteiger partial charge in [0.15, 0.2) is 11.0 Å². The minimum absolute atomic E-state index is 0.124. The third-order valence-electron chi connectivity index (χ3n) is 5.59. The van der Waals surface area contributed by atoms with Crippen molar-refractivity contribution in [3.8, 4) is 17.1 Å². The first-order valence-electron chi connectivity index (χ1n) is 10.5. The number of aryl methyl sites for hydroxylation is 1. The Balaban J connectivity index is 1.35. The first-order chi connectivity index (χ1) is 15.1. The van der Waals surface area contributed by atoms with E-state index in [-0.39, 0.29) is 11.7 Å². The lowest BCUT2D eigenvalue weighted by Crippen LogP contribution is -2.49. The van der Waals surface area contributed by atoms with Gasteiger partial charge in [-0.3, -0.25) is 4.79 Å². The lowest BCUT2D eigenvalue weighted by molar-refractivity contribution is -0.128. The van der Waals surface area contributed by atoms with Gasteiger partial charge in [-0.05, 0) is 43.7 Å². The molecule has 1 aliphatic heterocycles. The average Bonchev–Trinajstić information content (AvgIpc) is 3.21. The third-order valence-corrected chi connectivity index (χ3v) is 6.54. The molecule has 0 unspecified atom stereocenters. The Bertz CT molecular complexity index is 1040. The first kappa shape index (κ1) is 21.2. The molecule has 7 nitrogen and oxygen atoms in total. The number of rotatable bonds is 6. The van der Waals surface area contributed by atoms with Crippen LogP contribution in [0.25, 0.3) is 11.4 Å². The molecule has 1 N–H and O–H groups in total. The number of phenolic OH excluding ortho intramolecular Hbond substituents is 1.